The highest BCUT2D eigenvalue weighted by molar-refractivity contribution is 6.36. The first-order valence-corrected chi connectivity index (χ1v) is 12.2. The molecule has 1 atom stereocenters. The van der Waals surface area contributed by atoms with Crippen LogP contribution in [0.25, 0.3) is 0 Å². The lowest BCUT2D eigenvalue weighted by Gasteiger charge is -2.32. The van der Waals surface area contributed by atoms with Gasteiger partial charge in [0.05, 0.1) is 6.42 Å². The second-order valence-corrected chi connectivity index (χ2v) is 9.20. The summed E-state index contributed by atoms with van der Waals surface area (Å²) in [6.45, 7) is 4.67. The normalized spacial score (nSPS) is 11.6. The van der Waals surface area contributed by atoms with Crippen LogP contribution in [-0.2, 0) is 29.0 Å². The second-order valence-electron chi connectivity index (χ2n) is 8.38. The molecule has 0 spiro atoms. The Hall–Kier alpha value is -2.82. The van der Waals surface area contributed by atoms with E-state index in [4.69, 9.17) is 23.2 Å². The van der Waals surface area contributed by atoms with Crippen molar-refractivity contribution in [2.24, 2.45) is 0 Å². The second kappa shape index (κ2) is 12.6. The predicted octanol–water partition coefficient (Wildman–Crippen LogP) is 6.01. The monoisotopic (exact) mass is 496 g/mol. The van der Waals surface area contributed by atoms with Crippen molar-refractivity contribution in [1.82, 2.24) is 10.2 Å². The van der Waals surface area contributed by atoms with E-state index in [1.165, 1.54) is 0 Å². The maximum Gasteiger partial charge on any atom is 0.243 e. The molecule has 0 heterocycles. The third kappa shape index (κ3) is 7.09. The Morgan fingerprint density at radius 2 is 1.56 bits per heavy atom. The van der Waals surface area contributed by atoms with Gasteiger partial charge in [0.2, 0.25) is 11.8 Å². The van der Waals surface area contributed by atoms with Crippen LogP contribution in [0.15, 0.2) is 72.8 Å². The number of carbonyl (C=O) groups excluding carboxylic acids is 2. The lowest BCUT2D eigenvalue weighted by molar-refractivity contribution is -0.140. The van der Waals surface area contributed by atoms with Crippen molar-refractivity contribution in [3.05, 3.63) is 105 Å². The van der Waals surface area contributed by atoms with Gasteiger partial charge in [0.25, 0.3) is 0 Å². The number of carbonyl (C=O) groups is 2. The van der Waals surface area contributed by atoms with Gasteiger partial charge in [-0.15, -0.1) is 0 Å². The van der Waals surface area contributed by atoms with Crippen LogP contribution in [0.5, 0.6) is 0 Å². The van der Waals surface area contributed by atoms with E-state index in [0.717, 1.165) is 23.1 Å². The van der Waals surface area contributed by atoms with E-state index in [2.05, 4.69) is 5.32 Å². The first kappa shape index (κ1) is 25.8. The first-order chi connectivity index (χ1) is 16.4. The van der Waals surface area contributed by atoms with Gasteiger partial charge in [0, 0.05) is 35.1 Å². The third-order valence-electron chi connectivity index (χ3n) is 5.65. The smallest absolute Gasteiger partial charge is 0.243 e. The summed E-state index contributed by atoms with van der Waals surface area (Å²) in [6.07, 6.45) is 1.37. The first-order valence-electron chi connectivity index (χ1n) is 11.5. The number of rotatable bonds is 10. The SMILES string of the molecule is CCCNC(=O)C(Cc1ccccc1)N(Cc1c(Cl)cccc1Cl)C(=O)Cc1cccc(C)c1. The molecule has 0 aliphatic heterocycles. The van der Waals surface area contributed by atoms with E-state index in [-0.39, 0.29) is 24.8 Å². The quantitative estimate of drug-likeness (QED) is 0.373. The van der Waals surface area contributed by atoms with Crippen LogP contribution >= 0.6 is 23.2 Å². The van der Waals surface area contributed by atoms with E-state index < -0.39 is 6.04 Å². The third-order valence-corrected chi connectivity index (χ3v) is 6.36. The van der Waals surface area contributed by atoms with Crippen molar-refractivity contribution >= 4 is 35.0 Å². The molecule has 3 aromatic carbocycles. The van der Waals surface area contributed by atoms with Crippen LogP contribution in [0.3, 0.4) is 0 Å². The summed E-state index contributed by atoms with van der Waals surface area (Å²) >= 11 is 12.9. The molecule has 1 unspecified atom stereocenters. The summed E-state index contributed by atoms with van der Waals surface area (Å²) in [7, 11) is 0. The Morgan fingerprint density at radius 1 is 0.912 bits per heavy atom. The zero-order valence-electron chi connectivity index (χ0n) is 19.6. The molecule has 0 aromatic heterocycles. The van der Waals surface area contributed by atoms with Gasteiger partial charge < -0.3 is 10.2 Å². The van der Waals surface area contributed by atoms with Crippen molar-refractivity contribution in [2.45, 2.75) is 45.7 Å². The number of amides is 2. The summed E-state index contributed by atoms with van der Waals surface area (Å²) < 4.78 is 0. The largest absolute Gasteiger partial charge is 0.354 e. The van der Waals surface area contributed by atoms with Gasteiger partial charge in [-0.1, -0.05) is 96.4 Å². The van der Waals surface area contributed by atoms with E-state index in [0.29, 0.717) is 28.6 Å². The van der Waals surface area contributed by atoms with Crippen LogP contribution < -0.4 is 5.32 Å². The molecule has 0 radical (unpaired) electrons. The molecule has 1 N–H and O–H groups in total. The number of nitrogens with zero attached hydrogens (tertiary/aromatic N) is 1. The molecule has 34 heavy (non-hydrogen) atoms. The Labute approximate surface area is 211 Å². The summed E-state index contributed by atoms with van der Waals surface area (Å²) in [5.41, 5.74) is 3.57. The fourth-order valence-electron chi connectivity index (χ4n) is 3.87. The Bertz CT molecular complexity index is 1100. The van der Waals surface area contributed by atoms with Gasteiger partial charge in [0.1, 0.15) is 6.04 Å². The summed E-state index contributed by atoms with van der Waals surface area (Å²) in [5.74, 6) is -0.347. The average molecular weight is 497 g/mol. The zero-order valence-corrected chi connectivity index (χ0v) is 21.1. The molecule has 2 amide bonds. The Kier molecular flexibility index (Phi) is 9.55. The standard InChI is InChI=1S/C28H30Cl2N2O2/c1-3-15-31-28(34)26(17-21-10-5-4-6-11-21)32(19-23-24(29)13-8-14-25(23)30)27(33)18-22-12-7-9-20(2)16-22/h4-14,16,26H,3,15,17-19H2,1-2H3,(H,31,34). The van der Waals surface area contributed by atoms with Crippen LogP contribution in [-0.4, -0.2) is 29.3 Å². The number of hydrogen-bond donors (Lipinski definition) is 1. The van der Waals surface area contributed by atoms with Gasteiger partial charge >= 0.3 is 0 Å². The number of halogens is 2. The van der Waals surface area contributed by atoms with E-state index in [1.807, 2.05) is 68.4 Å². The van der Waals surface area contributed by atoms with Gasteiger partial charge in [-0.05, 0) is 36.6 Å². The fraction of sp³-hybridized carbons (Fsp3) is 0.286. The molecule has 0 saturated heterocycles. The van der Waals surface area contributed by atoms with E-state index >= 15 is 0 Å². The van der Waals surface area contributed by atoms with E-state index in [1.54, 1.807) is 23.1 Å². The van der Waals surface area contributed by atoms with Crippen LogP contribution in [0.1, 0.15) is 35.6 Å². The highest BCUT2D eigenvalue weighted by Gasteiger charge is 2.31. The lowest BCUT2D eigenvalue weighted by Crippen LogP contribution is -2.51. The molecule has 0 saturated carbocycles. The highest BCUT2D eigenvalue weighted by atomic mass is 35.5. The maximum absolute atomic E-state index is 13.7. The van der Waals surface area contributed by atoms with Crippen LogP contribution in [0, 0.1) is 6.92 Å². The zero-order chi connectivity index (χ0) is 24.5. The fourth-order valence-corrected chi connectivity index (χ4v) is 4.39. The van der Waals surface area contributed by atoms with Crippen molar-refractivity contribution in [2.75, 3.05) is 6.54 Å². The molecule has 178 valence electrons. The average Bonchev–Trinajstić information content (AvgIpc) is 2.82. The molecule has 3 rings (SSSR count). The van der Waals surface area contributed by atoms with E-state index in [9.17, 15) is 9.59 Å². The lowest BCUT2D eigenvalue weighted by atomic mass is 10.0. The predicted molar refractivity (Wildman–Crippen MR) is 139 cm³/mol. The summed E-state index contributed by atoms with van der Waals surface area (Å²) in [4.78, 5) is 28.7. The highest BCUT2D eigenvalue weighted by Crippen LogP contribution is 2.27. The van der Waals surface area contributed by atoms with Crippen molar-refractivity contribution in [3.63, 3.8) is 0 Å². The Morgan fingerprint density at radius 3 is 2.21 bits per heavy atom. The van der Waals surface area contributed by atoms with Crippen LogP contribution in [0.4, 0.5) is 0 Å². The van der Waals surface area contributed by atoms with Crippen molar-refractivity contribution in [3.8, 4) is 0 Å². The maximum atomic E-state index is 13.7. The topological polar surface area (TPSA) is 49.4 Å². The number of nitrogens with one attached hydrogen (secondary N) is 1. The molecule has 0 aliphatic carbocycles. The van der Waals surface area contributed by atoms with Gasteiger partial charge in [0.15, 0.2) is 0 Å². The van der Waals surface area contributed by atoms with Crippen molar-refractivity contribution in [1.29, 1.82) is 0 Å². The number of hydrogen-bond acceptors (Lipinski definition) is 2. The molecule has 0 bridgehead atoms. The number of aryl methyl sites for hydroxylation is 1. The molecule has 0 fully saturated rings. The molecule has 0 aliphatic rings. The minimum absolute atomic E-state index is 0.139. The summed E-state index contributed by atoms with van der Waals surface area (Å²) in [6, 6.07) is 22.1. The van der Waals surface area contributed by atoms with Gasteiger partial charge in [-0.3, -0.25) is 9.59 Å². The number of benzene rings is 3. The van der Waals surface area contributed by atoms with Crippen LogP contribution in [0.2, 0.25) is 10.0 Å². The minimum Gasteiger partial charge on any atom is -0.354 e. The summed E-state index contributed by atoms with van der Waals surface area (Å²) in [5, 5.41) is 3.91. The Balaban J connectivity index is 2.00. The van der Waals surface area contributed by atoms with Gasteiger partial charge in [-0.25, -0.2) is 0 Å². The minimum atomic E-state index is -0.710. The van der Waals surface area contributed by atoms with Crippen molar-refractivity contribution < 1.29 is 9.59 Å². The molecular formula is C28H30Cl2N2O2. The van der Waals surface area contributed by atoms with Gasteiger partial charge in [-0.2, -0.15) is 0 Å². The molecular weight excluding hydrogens is 467 g/mol. The molecule has 6 heteroatoms. The molecule has 4 nitrogen and oxygen atoms in total. The molecule has 3 aromatic rings.